The van der Waals surface area contributed by atoms with Crippen LogP contribution < -0.4 is 22.5 Å². The number of hydrogen-bond acceptors (Lipinski definition) is 6. The number of Topliss-reactive ketones (excluding diaryl/α,β-unsaturated/α-hetero) is 1. The van der Waals surface area contributed by atoms with Gasteiger partial charge in [-0.15, -0.1) is 0 Å². The van der Waals surface area contributed by atoms with Crippen molar-refractivity contribution >= 4 is 23.7 Å². The molecule has 0 saturated heterocycles. The lowest BCUT2D eigenvalue weighted by atomic mass is 9.66. The highest BCUT2D eigenvalue weighted by Gasteiger charge is 2.49. The Morgan fingerprint density at radius 2 is 1.72 bits per heavy atom. The number of nitrogens with two attached hydrogens (primary N) is 2. The van der Waals surface area contributed by atoms with Gasteiger partial charge in [0.2, 0.25) is 11.8 Å². The molecule has 0 aliphatic carbocycles. The molecule has 194 valence electrons. The maximum absolute atomic E-state index is 13.4. The van der Waals surface area contributed by atoms with Crippen molar-refractivity contribution in [3.8, 4) is 0 Å². The minimum atomic E-state index is -1.54. The number of hydrogen-bond donors (Lipinski definition) is 5. The van der Waals surface area contributed by atoms with Crippen molar-refractivity contribution < 1.29 is 19.6 Å². The second-order valence-corrected chi connectivity index (χ2v) is 9.31. The van der Waals surface area contributed by atoms with E-state index in [0.717, 1.165) is 16.7 Å². The van der Waals surface area contributed by atoms with Crippen LogP contribution in [-0.4, -0.2) is 28.8 Å². The number of hydrazine groups is 1. The molecule has 0 fully saturated rings. The molecular weight excluding hydrogens is 456 g/mol. The number of ketones is 1. The van der Waals surface area contributed by atoms with Crippen LogP contribution in [0.4, 0.5) is 0 Å². The van der Waals surface area contributed by atoms with Crippen molar-refractivity contribution in [2.75, 3.05) is 0 Å². The van der Waals surface area contributed by atoms with Crippen LogP contribution in [0, 0.1) is 18.3 Å². The molecule has 2 aromatic carbocycles. The van der Waals surface area contributed by atoms with E-state index in [2.05, 4.69) is 5.43 Å². The molecule has 8 nitrogen and oxygen atoms in total. The highest BCUT2D eigenvalue weighted by molar-refractivity contribution is 6.08. The Kier molecular flexibility index (Phi) is 11.0. The van der Waals surface area contributed by atoms with Gasteiger partial charge in [-0.1, -0.05) is 85.7 Å². The third kappa shape index (κ3) is 7.10. The average molecular weight is 495 g/mol. The number of nitrogens with one attached hydrogen (secondary N) is 2. The van der Waals surface area contributed by atoms with Crippen LogP contribution >= 0.6 is 0 Å². The van der Waals surface area contributed by atoms with Gasteiger partial charge in [-0.05, 0) is 50.2 Å². The lowest BCUT2D eigenvalue weighted by Gasteiger charge is -2.37. The molecule has 2 aromatic rings. The Hall–Kier alpha value is -3.33. The molecule has 0 aromatic heterocycles. The number of amides is 2. The maximum atomic E-state index is 13.4. The molecule has 2 rings (SSSR count). The lowest BCUT2D eigenvalue weighted by Crippen LogP contribution is -2.54. The van der Waals surface area contributed by atoms with E-state index >= 15 is 0 Å². The molecule has 0 heterocycles. The predicted octanol–water partition coefficient (Wildman–Crippen LogP) is 3.39. The van der Waals surface area contributed by atoms with Crippen LogP contribution in [-0.2, 0) is 14.4 Å². The number of carbonyl (C=O) groups excluding carboxylic acids is 3. The number of carbonyl (C=O) groups is 3. The van der Waals surface area contributed by atoms with E-state index in [-0.39, 0.29) is 19.3 Å². The predicted molar refractivity (Wildman–Crippen MR) is 140 cm³/mol. The van der Waals surface area contributed by atoms with Gasteiger partial charge in [0.25, 0.3) is 0 Å². The smallest absolute Gasteiger partial charge is 0.247 e. The summed E-state index contributed by atoms with van der Waals surface area (Å²) in [5.41, 5.74) is 11.1. The summed E-state index contributed by atoms with van der Waals surface area (Å²) >= 11 is 0. The van der Waals surface area contributed by atoms with E-state index in [4.69, 9.17) is 11.6 Å². The van der Waals surface area contributed by atoms with Crippen molar-refractivity contribution in [1.82, 2.24) is 10.9 Å². The second kappa shape index (κ2) is 13.7. The minimum Gasteiger partial charge on any atom is -0.322 e. The highest BCUT2D eigenvalue weighted by Crippen LogP contribution is 2.43. The number of hydroxylamine groups is 1. The van der Waals surface area contributed by atoms with E-state index in [1.54, 1.807) is 5.48 Å². The molecule has 0 bridgehead atoms. The van der Waals surface area contributed by atoms with Crippen molar-refractivity contribution in [3.05, 3.63) is 77.4 Å². The van der Waals surface area contributed by atoms with E-state index in [1.807, 2.05) is 80.6 Å². The van der Waals surface area contributed by atoms with Crippen molar-refractivity contribution in [2.24, 2.45) is 22.9 Å². The number of allylic oxidation sites excluding steroid dienone is 1. The van der Waals surface area contributed by atoms with E-state index in [9.17, 15) is 19.6 Å². The average Bonchev–Trinajstić information content (AvgIpc) is 2.89. The Labute approximate surface area is 213 Å². The Bertz CT molecular complexity index is 1040. The Morgan fingerprint density at radius 3 is 2.25 bits per heavy atom. The molecule has 36 heavy (non-hydrogen) atoms. The number of benzene rings is 2. The quantitative estimate of drug-likeness (QED) is 0.0948. The highest BCUT2D eigenvalue weighted by atomic mass is 16.5. The summed E-state index contributed by atoms with van der Waals surface area (Å²) in [6.45, 7) is 5.36. The van der Waals surface area contributed by atoms with Crippen LogP contribution in [0.25, 0.3) is 6.08 Å². The molecule has 0 saturated carbocycles. The van der Waals surface area contributed by atoms with Gasteiger partial charge in [-0.2, -0.15) is 0 Å². The Morgan fingerprint density at radius 1 is 1.08 bits per heavy atom. The zero-order chi connectivity index (χ0) is 26.7. The summed E-state index contributed by atoms with van der Waals surface area (Å²) in [4.78, 5) is 39.6. The molecule has 0 aliphatic rings. The van der Waals surface area contributed by atoms with Gasteiger partial charge in [0.05, 0.1) is 12.0 Å². The van der Waals surface area contributed by atoms with Crippen molar-refractivity contribution in [3.63, 3.8) is 0 Å². The molecule has 4 atom stereocenters. The van der Waals surface area contributed by atoms with Gasteiger partial charge in [-0.3, -0.25) is 25.0 Å². The second-order valence-electron chi connectivity index (χ2n) is 9.31. The first-order valence-electron chi connectivity index (χ1n) is 12.2. The first-order valence-corrected chi connectivity index (χ1v) is 12.2. The van der Waals surface area contributed by atoms with E-state index < -0.39 is 40.9 Å². The summed E-state index contributed by atoms with van der Waals surface area (Å²) < 4.78 is 0. The molecule has 1 unspecified atom stereocenters. The summed E-state index contributed by atoms with van der Waals surface area (Å²) in [6.07, 6.45) is 4.75. The zero-order valence-corrected chi connectivity index (χ0v) is 21.2. The Balaban J connectivity index is 2.61. The van der Waals surface area contributed by atoms with Gasteiger partial charge in [0, 0.05) is 0 Å². The monoisotopic (exact) mass is 494 g/mol. The molecule has 2 amide bonds. The molecule has 0 radical (unpaired) electrons. The summed E-state index contributed by atoms with van der Waals surface area (Å²) in [7, 11) is 0. The van der Waals surface area contributed by atoms with Gasteiger partial charge in [-0.25, -0.2) is 11.3 Å². The largest absolute Gasteiger partial charge is 0.322 e. The SMILES string of the molecule is CCCC(C[C@@H](c1ccc(C)cc1)[C@H](C/C=C/c1ccccc1)C(=O)NO)(C(=O)NN)C(=O)[C@@H](C)N. The lowest BCUT2D eigenvalue weighted by molar-refractivity contribution is -0.146. The van der Waals surface area contributed by atoms with Crippen molar-refractivity contribution in [2.45, 2.75) is 58.4 Å². The minimum absolute atomic E-state index is 0.00453. The first-order chi connectivity index (χ1) is 17.2. The number of aryl methyl sites for hydroxylation is 1. The van der Waals surface area contributed by atoms with Gasteiger partial charge in [0.15, 0.2) is 5.78 Å². The fraction of sp³-hybridized carbons (Fsp3) is 0.393. The molecule has 7 N–H and O–H groups in total. The maximum Gasteiger partial charge on any atom is 0.247 e. The van der Waals surface area contributed by atoms with Crippen LogP contribution in [0.15, 0.2) is 60.7 Å². The van der Waals surface area contributed by atoms with Crippen molar-refractivity contribution in [1.29, 1.82) is 0 Å². The van der Waals surface area contributed by atoms with Gasteiger partial charge < -0.3 is 5.73 Å². The number of rotatable bonds is 13. The standard InChI is InChI=1S/C28H38N4O4/c1-4-17-28(27(35)31-30,25(33)20(3)29)18-24(22-15-13-19(2)14-16-22)23(26(34)32-36)12-8-11-21-9-6-5-7-10-21/h5-11,13-16,20,23-24,36H,4,12,17-18,29-30H2,1-3H3,(H,31,35)(H,32,34)/b11-8+/t20-,23+,24+,28?/m1/s1. The van der Waals surface area contributed by atoms with Crippen LogP contribution in [0.3, 0.4) is 0 Å². The van der Waals surface area contributed by atoms with Gasteiger partial charge >= 0.3 is 0 Å². The van der Waals surface area contributed by atoms with Crippen LogP contribution in [0.2, 0.25) is 0 Å². The third-order valence-electron chi connectivity index (χ3n) is 6.63. The molecule has 8 heteroatoms. The molecule has 0 aliphatic heterocycles. The molecular formula is C28H38N4O4. The fourth-order valence-corrected chi connectivity index (χ4v) is 4.78. The molecule has 0 spiro atoms. The van der Waals surface area contributed by atoms with E-state index in [0.29, 0.717) is 6.42 Å². The normalized spacial score (nSPS) is 15.5. The third-order valence-corrected chi connectivity index (χ3v) is 6.63. The van der Waals surface area contributed by atoms with Gasteiger partial charge in [0.1, 0.15) is 5.41 Å². The van der Waals surface area contributed by atoms with E-state index in [1.165, 1.54) is 6.92 Å². The first kappa shape index (κ1) is 28.9. The van der Waals surface area contributed by atoms with Crippen LogP contribution in [0.5, 0.6) is 0 Å². The summed E-state index contributed by atoms with van der Waals surface area (Å²) in [5.74, 6) is 2.50. The topological polar surface area (TPSA) is 148 Å². The summed E-state index contributed by atoms with van der Waals surface area (Å²) in [5, 5.41) is 9.61. The van der Waals surface area contributed by atoms with Crippen LogP contribution in [0.1, 0.15) is 62.1 Å². The zero-order valence-electron chi connectivity index (χ0n) is 21.2. The summed E-state index contributed by atoms with van der Waals surface area (Å²) in [6, 6.07) is 16.3. The fourth-order valence-electron chi connectivity index (χ4n) is 4.78.